The number of hydrogen-bond donors (Lipinski definition) is 3. The highest BCUT2D eigenvalue weighted by molar-refractivity contribution is 5.71. The monoisotopic (exact) mass is 368 g/mol. The van der Waals surface area contributed by atoms with Gasteiger partial charge in [0.1, 0.15) is 6.10 Å². The maximum Gasteiger partial charge on any atom is 0.309 e. The number of carbonyl (C=O) groups is 2. The van der Waals surface area contributed by atoms with Crippen LogP contribution in [0.5, 0.6) is 0 Å². The smallest absolute Gasteiger partial charge is 0.309 e. The summed E-state index contributed by atoms with van der Waals surface area (Å²) >= 11 is 0. The van der Waals surface area contributed by atoms with Gasteiger partial charge in [-0.2, -0.15) is 0 Å². The first-order valence-corrected chi connectivity index (χ1v) is 9.54. The molecule has 148 valence electrons. The van der Waals surface area contributed by atoms with Crippen LogP contribution in [0.3, 0.4) is 0 Å². The maximum absolute atomic E-state index is 11.6. The average Bonchev–Trinajstić information content (AvgIpc) is 2.57. The number of aliphatic hydroxyl groups is 2. The van der Waals surface area contributed by atoms with E-state index < -0.39 is 30.3 Å². The van der Waals surface area contributed by atoms with Gasteiger partial charge in [-0.05, 0) is 31.8 Å². The minimum absolute atomic E-state index is 0.0269. The number of cyclic esters (lactones) is 1. The number of aliphatic hydroxyl groups excluding tert-OH is 2. The van der Waals surface area contributed by atoms with E-state index in [0.29, 0.717) is 25.7 Å². The summed E-state index contributed by atoms with van der Waals surface area (Å²) in [6, 6.07) is 0. The number of aliphatic carboxylic acids is 1. The fraction of sp³-hybridized carbons (Fsp3) is 0.700. The molecule has 1 aliphatic heterocycles. The first-order chi connectivity index (χ1) is 12.4. The summed E-state index contributed by atoms with van der Waals surface area (Å²) < 4.78 is 5.35. The summed E-state index contributed by atoms with van der Waals surface area (Å²) in [5.41, 5.74) is 0. The first-order valence-electron chi connectivity index (χ1n) is 9.54. The second-order valence-electron chi connectivity index (χ2n) is 6.83. The lowest BCUT2D eigenvalue weighted by atomic mass is 9.87. The van der Waals surface area contributed by atoms with Crippen LogP contribution in [-0.4, -0.2) is 45.6 Å². The van der Waals surface area contributed by atoms with E-state index in [9.17, 15) is 19.8 Å². The third-order valence-corrected chi connectivity index (χ3v) is 4.52. The molecule has 3 N–H and O–H groups in total. The van der Waals surface area contributed by atoms with Crippen LogP contribution in [0.4, 0.5) is 0 Å². The van der Waals surface area contributed by atoms with Gasteiger partial charge in [0, 0.05) is 12.3 Å². The molecule has 3 unspecified atom stereocenters. The van der Waals surface area contributed by atoms with E-state index in [2.05, 4.69) is 6.92 Å². The van der Waals surface area contributed by atoms with Crippen molar-refractivity contribution in [2.45, 2.75) is 83.0 Å². The van der Waals surface area contributed by atoms with Crippen molar-refractivity contribution in [3.8, 4) is 0 Å². The first kappa shape index (κ1) is 22.4. The Balaban J connectivity index is 2.54. The van der Waals surface area contributed by atoms with Crippen molar-refractivity contribution in [3.05, 3.63) is 24.3 Å². The van der Waals surface area contributed by atoms with E-state index >= 15 is 0 Å². The maximum atomic E-state index is 11.6. The fourth-order valence-electron chi connectivity index (χ4n) is 2.98. The normalized spacial score (nSPS) is 24.9. The second kappa shape index (κ2) is 12.7. The van der Waals surface area contributed by atoms with E-state index in [1.54, 1.807) is 12.2 Å². The summed E-state index contributed by atoms with van der Waals surface area (Å²) in [6.45, 7) is 2.10. The number of rotatable bonds is 12. The summed E-state index contributed by atoms with van der Waals surface area (Å²) in [5.74, 6) is -1.51. The second-order valence-corrected chi connectivity index (χ2v) is 6.83. The number of carboxylic acid groups (broad SMARTS) is 1. The van der Waals surface area contributed by atoms with E-state index in [0.717, 1.165) is 19.3 Å². The predicted octanol–water partition coefficient (Wildman–Crippen LogP) is 2.98. The van der Waals surface area contributed by atoms with Gasteiger partial charge in [-0.1, -0.05) is 44.4 Å². The van der Waals surface area contributed by atoms with Gasteiger partial charge in [0.05, 0.1) is 18.6 Å². The molecule has 0 aromatic carbocycles. The average molecular weight is 368 g/mol. The van der Waals surface area contributed by atoms with Crippen LogP contribution in [-0.2, 0) is 14.3 Å². The minimum Gasteiger partial charge on any atom is -0.481 e. The zero-order chi connectivity index (χ0) is 19.4. The molecule has 1 heterocycles. The van der Waals surface area contributed by atoms with Crippen molar-refractivity contribution in [2.75, 3.05) is 0 Å². The van der Waals surface area contributed by atoms with Gasteiger partial charge >= 0.3 is 11.9 Å². The molecular weight excluding hydrogens is 336 g/mol. The van der Waals surface area contributed by atoms with Gasteiger partial charge < -0.3 is 20.1 Å². The Bertz CT molecular complexity index is 485. The SMILES string of the molecule is CCCCCC(O)/C=C/[C@H]1OC(=O)CC(O)C1C/C=C\CCCC(=O)O. The molecule has 1 rings (SSSR count). The molecule has 0 aromatic rings. The third-order valence-electron chi connectivity index (χ3n) is 4.52. The number of allylic oxidation sites excluding steroid dienone is 2. The van der Waals surface area contributed by atoms with Crippen LogP contribution in [0, 0.1) is 5.92 Å². The van der Waals surface area contributed by atoms with E-state index in [1.807, 2.05) is 12.2 Å². The number of carbonyl (C=O) groups excluding carboxylic acids is 1. The van der Waals surface area contributed by atoms with Crippen molar-refractivity contribution in [3.63, 3.8) is 0 Å². The molecule has 0 spiro atoms. The van der Waals surface area contributed by atoms with Gasteiger partial charge in [0.25, 0.3) is 0 Å². The van der Waals surface area contributed by atoms with Crippen LogP contribution in [0.15, 0.2) is 24.3 Å². The Kier molecular flexibility index (Phi) is 10.9. The van der Waals surface area contributed by atoms with Gasteiger partial charge in [-0.25, -0.2) is 0 Å². The van der Waals surface area contributed by atoms with E-state index in [-0.39, 0.29) is 18.8 Å². The van der Waals surface area contributed by atoms with Crippen molar-refractivity contribution in [2.24, 2.45) is 5.92 Å². The Hall–Kier alpha value is -1.66. The van der Waals surface area contributed by atoms with Gasteiger partial charge in [0.15, 0.2) is 0 Å². The predicted molar refractivity (Wildman–Crippen MR) is 98.5 cm³/mol. The molecular formula is C20H32O6. The van der Waals surface area contributed by atoms with Crippen LogP contribution in [0.1, 0.15) is 64.7 Å². The Morgan fingerprint density at radius 3 is 2.77 bits per heavy atom. The standard InChI is InChI=1S/C20H32O6/c1-2-3-6-9-15(21)12-13-18-16(17(22)14-20(25)26-18)10-7-4-5-8-11-19(23)24/h4,7,12-13,15-18,21-22H,2-3,5-6,8-11,14H2,1H3,(H,23,24)/b7-4-,13-12+/t15?,16?,17?,18-/m1/s1. The molecule has 0 radical (unpaired) electrons. The van der Waals surface area contributed by atoms with E-state index in [4.69, 9.17) is 9.84 Å². The lowest BCUT2D eigenvalue weighted by molar-refractivity contribution is -0.163. The number of ether oxygens (including phenoxy) is 1. The minimum atomic E-state index is -0.810. The van der Waals surface area contributed by atoms with Gasteiger partial charge in [-0.15, -0.1) is 0 Å². The van der Waals surface area contributed by atoms with Crippen LogP contribution < -0.4 is 0 Å². The molecule has 1 fully saturated rings. The molecule has 6 heteroatoms. The zero-order valence-electron chi connectivity index (χ0n) is 15.5. The fourth-order valence-corrected chi connectivity index (χ4v) is 2.98. The lowest BCUT2D eigenvalue weighted by Gasteiger charge is -2.32. The molecule has 6 nitrogen and oxygen atoms in total. The third kappa shape index (κ3) is 9.15. The van der Waals surface area contributed by atoms with E-state index in [1.165, 1.54) is 0 Å². The highest BCUT2D eigenvalue weighted by atomic mass is 16.5. The number of unbranched alkanes of at least 4 members (excludes halogenated alkanes) is 3. The highest BCUT2D eigenvalue weighted by Gasteiger charge is 2.35. The highest BCUT2D eigenvalue weighted by Crippen LogP contribution is 2.27. The molecule has 0 aliphatic carbocycles. The number of carboxylic acids is 1. The Morgan fingerprint density at radius 1 is 1.31 bits per heavy atom. The summed E-state index contributed by atoms with van der Waals surface area (Å²) in [5, 5.41) is 28.8. The molecule has 4 atom stereocenters. The quantitative estimate of drug-likeness (QED) is 0.278. The largest absolute Gasteiger partial charge is 0.481 e. The van der Waals surface area contributed by atoms with Crippen LogP contribution in [0.2, 0.25) is 0 Å². The topological polar surface area (TPSA) is 104 Å². The van der Waals surface area contributed by atoms with Crippen molar-refractivity contribution in [1.82, 2.24) is 0 Å². The van der Waals surface area contributed by atoms with Crippen LogP contribution in [0.25, 0.3) is 0 Å². The number of esters is 1. The zero-order valence-corrected chi connectivity index (χ0v) is 15.5. The molecule has 1 aliphatic rings. The molecule has 0 aromatic heterocycles. The lowest BCUT2D eigenvalue weighted by Crippen LogP contribution is -2.41. The molecule has 26 heavy (non-hydrogen) atoms. The molecule has 0 saturated carbocycles. The van der Waals surface area contributed by atoms with Crippen molar-refractivity contribution in [1.29, 1.82) is 0 Å². The van der Waals surface area contributed by atoms with Crippen molar-refractivity contribution < 1.29 is 29.6 Å². The van der Waals surface area contributed by atoms with Crippen molar-refractivity contribution >= 4 is 11.9 Å². The Labute approximate surface area is 155 Å². The summed E-state index contributed by atoms with van der Waals surface area (Å²) in [6.07, 6.45) is 10.8. The number of hydrogen-bond acceptors (Lipinski definition) is 5. The summed E-state index contributed by atoms with van der Waals surface area (Å²) in [4.78, 5) is 22.1. The van der Waals surface area contributed by atoms with Gasteiger partial charge in [-0.3, -0.25) is 9.59 Å². The summed E-state index contributed by atoms with van der Waals surface area (Å²) in [7, 11) is 0. The molecule has 1 saturated heterocycles. The van der Waals surface area contributed by atoms with Gasteiger partial charge in [0.2, 0.25) is 0 Å². The molecule has 0 bridgehead atoms. The van der Waals surface area contributed by atoms with Crippen LogP contribution >= 0.6 is 0 Å². The molecule has 0 amide bonds. The Morgan fingerprint density at radius 2 is 2.08 bits per heavy atom.